The minimum absolute atomic E-state index is 0.129. The number of fused-ring (bicyclic) bond motifs is 5. The Bertz CT molecular complexity index is 591. The molecule has 0 aromatic carbocycles. The van der Waals surface area contributed by atoms with Gasteiger partial charge in [-0.1, -0.05) is 20.8 Å². The van der Waals surface area contributed by atoms with Crippen LogP contribution in [0.15, 0.2) is 0 Å². The lowest BCUT2D eigenvalue weighted by molar-refractivity contribution is -0.179. The number of esters is 1. The molecule has 4 aliphatic rings. The molecule has 4 rings (SSSR count). The molecular weight excluding hydrogens is 340 g/mol. The quantitative estimate of drug-likeness (QED) is 0.718. The molecule has 0 unspecified atom stereocenters. The van der Waals surface area contributed by atoms with Crippen molar-refractivity contribution in [3.63, 3.8) is 0 Å². The monoisotopic (exact) mass is 378 g/mol. The molecule has 154 valence electrons. The van der Waals surface area contributed by atoms with Crippen molar-refractivity contribution >= 4 is 5.97 Å². The molecular formula is C23H38O4. The average Bonchev–Trinajstić information content (AvgIpc) is 3.01. The van der Waals surface area contributed by atoms with Crippen LogP contribution in [-0.4, -0.2) is 35.5 Å². The lowest BCUT2D eigenvalue weighted by Gasteiger charge is -2.62. The van der Waals surface area contributed by atoms with Crippen LogP contribution in [0, 0.1) is 46.3 Å². The van der Waals surface area contributed by atoms with Gasteiger partial charge in [0.2, 0.25) is 0 Å². The molecule has 4 fully saturated rings. The first-order valence-electron chi connectivity index (χ1n) is 11.2. The molecule has 4 saturated carbocycles. The summed E-state index contributed by atoms with van der Waals surface area (Å²) in [6.45, 7) is 6.69. The van der Waals surface area contributed by atoms with E-state index in [4.69, 9.17) is 4.74 Å². The second-order valence-electron chi connectivity index (χ2n) is 10.7. The van der Waals surface area contributed by atoms with Crippen LogP contribution in [0.3, 0.4) is 0 Å². The molecule has 0 radical (unpaired) electrons. The number of rotatable bonds is 2. The summed E-state index contributed by atoms with van der Waals surface area (Å²) in [6, 6.07) is 0. The van der Waals surface area contributed by atoms with Gasteiger partial charge in [-0.05, 0) is 86.4 Å². The molecule has 4 heteroatoms. The van der Waals surface area contributed by atoms with Gasteiger partial charge in [0, 0.05) is 5.41 Å². The van der Waals surface area contributed by atoms with E-state index < -0.39 is 0 Å². The van der Waals surface area contributed by atoms with Crippen LogP contribution < -0.4 is 0 Å². The second-order valence-corrected chi connectivity index (χ2v) is 10.7. The zero-order valence-electron chi connectivity index (χ0n) is 17.5. The Hall–Kier alpha value is -0.610. The lowest BCUT2D eigenvalue weighted by Crippen LogP contribution is -2.59. The predicted octanol–water partition coefficient (Wildman–Crippen LogP) is 3.79. The topological polar surface area (TPSA) is 66.8 Å². The van der Waals surface area contributed by atoms with Crippen molar-refractivity contribution in [3.8, 4) is 0 Å². The standard InChI is InChI=1S/C23H38O4/c1-13(21(26)27-4)17-7-8-18-16-6-5-14-11-15(24)9-10-22(14,2)19(16)12-20(25)23(17,18)3/h13-20,24-25H,5-12H2,1-4H3/t13-,14-,15-,16+,17-,18+,19+,20+,22-,23-/m0/s1. The van der Waals surface area contributed by atoms with Gasteiger partial charge in [0.15, 0.2) is 0 Å². The van der Waals surface area contributed by atoms with Gasteiger partial charge in [0.05, 0.1) is 25.2 Å². The maximum absolute atomic E-state index is 12.2. The minimum atomic E-state index is -0.342. The number of methoxy groups -OCH3 is 1. The molecule has 27 heavy (non-hydrogen) atoms. The summed E-state index contributed by atoms with van der Waals surface area (Å²) >= 11 is 0. The fraction of sp³-hybridized carbons (Fsp3) is 0.957. The van der Waals surface area contributed by atoms with Crippen molar-refractivity contribution in [2.45, 2.75) is 84.3 Å². The summed E-state index contributed by atoms with van der Waals surface area (Å²) in [7, 11) is 1.47. The number of hydrogen-bond donors (Lipinski definition) is 2. The molecule has 0 aromatic heterocycles. The average molecular weight is 379 g/mol. The Labute approximate surface area is 164 Å². The molecule has 0 aliphatic heterocycles. The Balaban J connectivity index is 1.62. The van der Waals surface area contributed by atoms with E-state index in [1.165, 1.54) is 20.0 Å². The maximum atomic E-state index is 12.2. The number of aliphatic hydroxyl groups is 2. The van der Waals surface area contributed by atoms with E-state index in [1.54, 1.807) is 0 Å². The van der Waals surface area contributed by atoms with Crippen LogP contribution in [0.25, 0.3) is 0 Å². The molecule has 0 aromatic rings. The van der Waals surface area contributed by atoms with Crippen molar-refractivity contribution in [1.29, 1.82) is 0 Å². The second kappa shape index (κ2) is 6.73. The fourth-order valence-electron chi connectivity index (χ4n) is 8.40. The van der Waals surface area contributed by atoms with E-state index >= 15 is 0 Å². The highest BCUT2D eigenvalue weighted by atomic mass is 16.5. The number of hydrogen-bond acceptors (Lipinski definition) is 4. The zero-order valence-corrected chi connectivity index (χ0v) is 17.5. The molecule has 4 nitrogen and oxygen atoms in total. The Morgan fingerprint density at radius 1 is 1.04 bits per heavy atom. The summed E-state index contributed by atoms with van der Waals surface area (Å²) in [5.41, 5.74) is 0.0860. The highest BCUT2D eigenvalue weighted by Gasteiger charge is 2.64. The van der Waals surface area contributed by atoms with Gasteiger partial charge in [0.25, 0.3) is 0 Å². The third-order valence-electron chi connectivity index (χ3n) is 9.99. The van der Waals surface area contributed by atoms with Crippen molar-refractivity contribution in [2.75, 3.05) is 7.11 Å². The molecule has 4 aliphatic carbocycles. The van der Waals surface area contributed by atoms with E-state index in [9.17, 15) is 15.0 Å². The summed E-state index contributed by atoms with van der Waals surface area (Å²) in [5, 5.41) is 21.6. The third-order valence-corrected chi connectivity index (χ3v) is 9.99. The molecule has 10 atom stereocenters. The molecule has 2 N–H and O–H groups in total. The highest BCUT2D eigenvalue weighted by molar-refractivity contribution is 5.72. The number of carbonyl (C=O) groups is 1. The largest absolute Gasteiger partial charge is 0.469 e. The molecule has 0 heterocycles. The summed E-state index contributed by atoms with van der Waals surface area (Å²) in [6.07, 6.45) is 7.94. The fourth-order valence-corrected chi connectivity index (χ4v) is 8.40. The third kappa shape index (κ3) is 2.73. The van der Waals surface area contributed by atoms with Gasteiger partial charge in [-0.2, -0.15) is 0 Å². The van der Waals surface area contributed by atoms with Crippen LogP contribution in [0.4, 0.5) is 0 Å². The Morgan fingerprint density at radius 3 is 2.48 bits per heavy atom. The molecule has 0 amide bonds. The van der Waals surface area contributed by atoms with Crippen LogP contribution in [-0.2, 0) is 9.53 Å². The van der Waals surface area contributed by atoms with Crippen molar-refractivity contribution < 1.29 is 19.7 Å². The molecule has 0 saturated heterocycles. The summed E-state index contributed by atoms with van der Waals surface area (Å²) in [4.78, 5) is 12.2. The normalized spacial score (nSPS) is 53.0. The van der Waals surface area contributed by atoms with Crippen LogP contribution >= 0.6 is 0 Å². The SMILES string of the molecule is COC(=O)[C@@H](C)[C@@H]1CC[C@@H]2[C@H]3CC[C@H]4C[C@@H](O)CC[C@]4(C)[C@@H]3C[C@@H](O)[C@]21C. The Morgan fingerprint density at radius 2 is 1.78 bits per heavy atom. The van der Waals surface area contributed by atoms with Crippen molar-refractivity contribution in [2.24, 2.45) is 46.3 Å². The van der Waals surface area contributed by atoms with E-state index in [0.717, 1.165) is 38.5 Å². The van der Waals surface area contributed by atoms with Gasteiger partial charge >= 0.3 is 5.97 Å². The first-order chi connectivity index (χ1) is 12.7. The smallest absolute Gasteiger partial charge is 0.308 e. The predicted molar refractivity (Wildman–Crippen MR) is 104 cm³/mol. The van der Waals surface area contributed by atoms with E-state index in [1.807, 2.05) is 6.92 Å². The molecule has 0 spiro atoms. The van der Waals surface area contributed by atoms with Gasteiger partial charge in [-0.15, -0.1) is 0 Å². The van der Waals surface area contributed by atoms with Crippen molar-refractivity contribution in [1.82, 2.24) is 0 Å². The Kier molecular flexibility index (Phi) is 4.91. The van der Waals surface area contributed by atoms with Crippen LogP contribution in [0.1, 0.15) is 72.1 Å². The van der Waals surface area contributed by atoms with Gasteiger partial charge in [0.1, 0.15) is 0 Å². The van der Waals surface area contributed by atoms with Crippen LogP contribution in [0.5, 0.6) is 0 Å². The van der Waals surface area contributed by atoms with Crippen molar-refractivity contribution in [3.05, 3.63) is 0 Å². The zero-order chi connectivity index (χ0) is 19.6. The van der Waals surface area contributed by atoms with Gasteiger partial charge in [-0.3, -0.25) is 4.79 Å². The van der Waals surface area contributed by atoms with Gasteiger partial charge in [-0.25, -0.2) is 0 Å². The van der Waals surface area contributed by atoms with E-state index in [-0.39, 0.29) is 40.8 Å². The molecule has 0 bridgehead atoms. The lowest BCUT2D eigenvalue weighted by atomic mass is 9.43. The van der Waals surface area contributed by atoms with Crippen LogP contribution in [0.2, 0.25) is 0 Å². The minimum Gasteiger partial charge on any atom is -0.469 e. The van der Waals surface area contributed by atoms with E-state index in [0.29, 0.717) is 23.7 Å². The summed E-state index contributed by atoms with van der Waals surface area (Å²) in [5.74, 6) is 2.26. The van der Waals surface area contributed by atoms with Gasteiger partial charge < -0.3 is 14.9 Å². The van der Waals surface area contributed by atoms with E-state index in [2.05, 4.69) is 13.8 Å². The first kappa shape index (κ1) is 19.7. The number of ether oxygens (including phenoxy) is 1. The summed E-state index contributed by atoms with van der Waals surface area (Å²) < 4.78 is 5.04. The number of carbonyl (C=O) groups excluding carboxylic acids is 1. The first-order valence-corrected chi connectivity index (χ1v) is 11.2. The highest BCUT2D eigenvalue weighted by Crippen LogP contribution is 2.68. The number of aliphatic hydroxyl groups excluding tert-OH is 2. The maximum Gasteiger partial charge on any atom is 0.308 e.